The number of imidazole rings is 1. The standard InChI is InChI=1S/C16H18N4O3/c1-8(2)9-3-4-10(14-13(9)17-7-18-14)15(22)19-11-5-6-12(21)20-16(11)23/h3-4,7-8,11H,5-6H2,1-2H3,(H,17,18)(H,19,22)(H,20,21,23). The fourth-order valence-corrected chi connectivity index (χ4v) is 2.78. The molecule has 7 heteroatoms. The number of amides is 3. The van der Waals surface area contributed by atoms with Gasteiger partial charge in [-0.3, -0.25) is 19.7 Å². The smallest absolute Gasteiger partial charge is 0.254 e. The van der Waals surface area contributed by atoms with Crippen molar-refractivity contribution < 1.29 is 14.4 Å². The number of nitrogens with zero attached hydrogens (tertiary/aromatic N) is 1. The van der Waals surface area contributed by atoms with Gasteiger partial charge in [-0.15, -0.1) is 0 Å². The summed E-state index contributed by atoms with van der Waals surface area (Å²) >= 11 is 0. The molecule has 3 N–H and O–H groups in total. The van der Waals surface area contributed by atoms with Crippen LogP contribution in [0.25, 0.3) is 11.0 Å². The number of aromatic amines is 1. The molecule has 3 amide bonds. The second-order valence-corrected chi connectivity index (χ2v) is 5.96. The third kappa shape index (κ3) is 2.81. The summed E-state index contributed by atoms with van der Waals surface area (Å²) in [4.78, 5) is 42.7. The molecular weight excluding hydrogens is 296 g/mol. The van der Waals surface area contributed by atoms with E-state index in [1.165, 1.54) is 0 Å². The van der Waals surface area contributed by atoms with E-state index in [9.17, 15) is 14.4 Å². The molecule has 1 aromatic carbocycles. The van der Waals surface area contributed by atoms with Gasteiger partial charge >= 0.3 is 0 Å². The SMILES string of the molecule is CC(C)c1ccc(C(=O)NC2CCC(=O)NC2=O)c2[nH]cnc12. The van der Waals surface area contributed by atoms with E-state index in [-0.39, 0.29) is 24.2 Å². The molecule has 2 heterocycles. The molecule has 1 aromatic heterocycles. The number of nitrogens with one attached hydrogen (secondary N) is 3. The van der Waals surface area contributed by atoms with Crippen molar-refractivity contribution in [2.75, 3.05) is 0 Å². The normalized spacial score (nSPS) is 18.3. The summed E-state index contributed by atoms with van der Waals surface area (Å²) in [6.45, 7) is 4.12. The van der Waals surface area contributed by atoms with E-state index in [0.717, 1.165) is 11.1 Å². The average molecular weight is 314 g/mol. The maximum absolute atomic E-state index is 12.5. The monoisotopic (exact) mass is 314 g/mol. The minimum absolute atomic E-state index is 0.225. The van der Waals surface area contributed by atoms with Crippen LogP contribution in [0.3, 0.4) is 0 Å². The quantitative estimate of drug-likeness (QED) is 0.741. The Morgan fingerprint density at radius 2 is 2.13 bits per heavy atom. The number of rotatable bonds is 3. The van der Waals surface area contributed by atoms with Crippen molar-refractivity contribution in [3.63, 3.8) is 0 Å². The molecule has 120 valence electrons. The van der Waals surface area contributed by atoms with Crippen LogP contribution in [-0.2, 0) is 9.59 Å². The van der Waals surface area contributed by atoms with E-state index in [1.807, 2.05) is 6.07 Å². The Kier molecular flexibility index (Phi) is 3.85. The van der Waals surface area contributed by atoms with Crippen molar-refractivity contribution in [1.82, 2.24) is 20.6 Å². The molecule has 1 unspecified atom stereocenters. The molecule has 0 bridgehead atoms. The number of H-pyrrole nitrogens is 1. The van der Waals surface area contributed by atoms with Gasteiger partial charge in [-0.1, -0.05) is 19.9 Å². The first-order valence-corrected chi connectivity index (χ1v) is 7.58. The molecule has 0 aliphatic carbocycles. The number of imide groups is 1. The Labute approximate surface area is 132 Å². The fourth-order valence-electron chi connectivity index (χ4n) is 2.78. The maximum atomic E-state index is 12.5. The average Bonchev–Trinajstić information content (AvgIpc) is 2.98. The molecule has 1 aliphatic heterocycles. The van der Waals surface area contributed by atoms with E-state index in [2.05, 4.69) is 34.4 Å². The van der Waals surface area contributed by atoms with Gasteiger partial charge < -0.3 is 10.3 Å². The van der Waals surface area contributed by atoms with E-state index in [4.69, 9.17) is 0 Å². The summed E-state index contributed by atoms with van der Waals surface area (Å²) in [7, 11) is 0. The van der Waals surface area contributed by atoms with Crippen molar-refractivity contribution in [2.45, 2.75) is 38.6 Å². The molecule has 7 nitrogen and oxygen atoms in total. The second kappa shape index (κ2) is 5.83. The van der Waals surface area contributed by atoms with Crippen molar-refractivity contribution in [2.24, 2.45) is 0 Å². The highest BCUT2D eigenvalue weighted by Gasteiger charge is 2.28. The lowest BCUT2D eigenvalue weighted by Gasteiger charge is -2.22. The highest BCUT2D eigenvalue weighted by Crippen LogP contribution is 2.25. The van der Waals surface area contributed by atoms with Gasteiger partial charge in [-0.05, 0) is 24.0 Å². The van der Waals surface area contributed by atoms with E-state index in [0.29, 0.717) is 17.5 Å². The van der Waals surface area contributed by atoms with Crippen LogP contribution in [-0.4, -0.2) is 33.7 Å². The predicted molar refractivity (Wildman–Crippen MR) is 83.8 cm³/mol. The first kappa shape index (κ1) is 15.2. The van der Waals surface area contributed by atoms with Gasteiger partial charge in [0.1, 0.15) is 6.04 Å². The highest BCUT2D eigenvalue weighted by molar-refractivity contribution is 6.08. The summed E-state index contributed by atoms with van der Waals surface area (Å²) in [5.74, 6) is -0.843. The number of benzene rings is 1. The van der Waals surface area contributed by atoms with Gasteiger partial charge in [-0.25, -0.2) is 4.98 Å². The molecule has 3 rings (SSSR count). The Morgan fingerprint density at radius 3 is 2.83 bits per heavy atom. The lowest BCUT2D eigenvalue weighted by Crippen LogP contribution is -2.52. The Hall–Kier alpha value is -2.70. The largest absolute Gasteiger partial charge is 0.344 e. The number of aromatic nitrogens is 2. The molecule has 1 atom stereocenters. The number of hydrogen-bond acceptors (Lipinski definition) is 4. The van der Waals surface area contributed by atoms with Gasteiger partial charge in [-0.2, -0.15) is 0 Å². The summed E-state index contributed by atoms with van der Waals surface area (Å²) in [5.41, 5.74) is 2.90. The van der Waals surface area contributed by atoms with Crippen LogP contribution < -0.4 is 10.6 Å². The molecule has 0 radical (unpaired) electrons. The number of fused-ring (bicyclic) bond motifs is 1. The first-order valence-electron chi connectivity index (χ1n) is 7.58. The third-order valence-corrected chi connectivity index (χ3v) is 4.02. The minimum Gasteiger partial charge on any atom is -0.344 e. The van der Waals surface area contributed by atoms with Crippen molar-refractivity contribution in [3.8, 4) is 0 Å². The Morgan fingerprint density at radius 1 is 1.35 bits per heavy atom. The molecule has 1 fully saturated rings. The van der Waals surface area contributed by atoms with Gasteiger partial charge in [0.2, 0.25) is 11.8 Å². The number of carbonyl (C=O) groups excluding carboxylic acids is 3. The highest BCUT2D eigenvalue weighted by atomic mass is 16.2. The van der Waals surface area contributed by atoms with Crippen LogP contribution in [0.15, 0.2) is 18.5 Å². The predicted octanol–water partition coefficient (Wildman–Crippen LogP) is 1.22. The molecule has 0 saturated carbocycles. The van der Waals surface area contributed by atoms with Crippen molar-refractivity contribution in [3.05, 3.63) is 29.6 Å². The molecular formula is C16H18N4O3. The van der Waals surface area contributed by atoms with E-state index >= 15 is 0 Å². The summed E-state index contributed by atoms with van der Waals surface area (Å²) in [5, 5.41) is 4.91. The van der Waals surface area contributed by atoms with E-state index in [1.54, 1.807) is 12.4 Å². The third-order valence-electron chi connectivity index (χ3n) is 4.02. The van der Waals surface area contributed by atoms with Crippen LogP contribution in [0.4, 0.5) is 0 Å². The Balaban J connectivity index is 1.87. The van der Waals surface area contributed by atoms with Crippen LogP contribution >= 0.6 is 0 Å². The van der Waals surface area contributed by atoms with Crippen LogP contribution in [0.2, 0.25) is 0 Å². The van der Waals surface area contributed by atoms with Gasteiger partial charge in [0.25, 0.3) is 5.91 Å². The zero-order chi connectivity index (χ0) is 16.6. The van der Waals surface area contributed by atoms with Crippen LogP contribution in [0.1, 0.15) is 48.5 Å². The zero-order valence-electron chi connectivity index (χ0n) is 13.0. The lowest BCUT2D eigenvalue weighted by molar-refractivity contribution is -0.134. The number of carbonyl (C=O) groups is 3. The van der Waals surface area contributed by atoms with Crippen molar-refractivity contribution in [1.29, 1.82) is 0 Å². The molecule has 0 spiro atoms. The first-order chi connectivity index (χ1) is 11.0. The van der Waals surface area contributed by atoms with Gasteiger partial charge in [0.05, 0.1) is 22.9 Å². The molecule has 1 aliphatic rings. The summed E-state index contributed by atoms with van der Waals surface area (Å²) < 4.78 is 0. The molecule has 2 aromatic rings. The minimum atomic E-state index is -0.692. The summed E-state index contributed by atoms with van der Waals surface area (Å²) in [6, 6.07) is 2.92. The lowest BCUT2D eigenvalue weighted by atomic mass is 9.98. The van der Waals surface area contributed by atoms with Crippen molar-refractivity contribution >= 4 is 28.8 Å². The summed E-state index contributed by atoms with van der Waals surface area (Å²) in [6.07, 6.45) is 2.09. The van der Waals surface area contributed by atoms with Crippen LogP contribution in [0, 0.1) is 0 Å². The molecule has 23 heavy (non-hydrogen) atoms. The molecule has 1 saturated heterocycles. The topological polar surface area (TPSA) is 104 Å². The number of piperidine rings is 1. The second-order valence-electron chi connectivity index (χ2n) is 5.96. The Bertz CT molecular complexity index is 794. The van der Waals surface area contributed by atoms with E-state index < -0.39 is 11.9 Å². The van der Waals surface area contributed by atoms with Gasteiger partial charge in [0.15, 0.2) is 0 Å². The maximum Gasteiger partial charge on any atom is 0.254 e. The number of hydrogen-bond donors (Lipinski definition) is 3. The zero-order valence-corrected chi connectivity index (χ0v) is 13.0. The van der Waals surface area contributed by atoms with Crippen LogP contribution in [0.5, 0.6) is 0 Å². The fraction of sp³-hybridized carbons (Fsp3) is 0.375. The van der Waals surface area contributed by atoms with Gasteiger partial charge in [0, 0.05) is 6.42 Å².